The lowest BCUT2D eigenvalue weighted by atomic mass is 10.3. The summed E-state index contributed by atoms with van der Waals surface area (Å²) in [5.41, 5.74) is 0.537. The molecule has 0 aliphatic rings. The smallest absolute Gasteiger partial charge is 0.262 e. The molecule has 0 spiro atoms. The van der Waals surface area contributed by atoms with Crippen LogP contribution in [0.4, 0.5) is 5.69 Å². The maximum Gasteiger partial charge on any atom is 0.262 e. The second-order valence-electron chi connectivity index (χ2n) is 3.61. The zero-order valence-corrected chi connectivity index (χ0v) is 11.3. The average Bonchev–Trinajstić information content (AvgIpc) is 2.40. The van der Waals surface area contributed by atoms with Crippen LogP contribution in [0.25, 0.3) is 0 Å². The first-order chi connectivity index (χ1) is 9.16. The summed E-state index contributed by atoms with van der Waals surface area (Å²) in [4.78, 5) is 15.5. The third-order valence-corrected chi connectivity index (χ3v) is 2.85. The molecule has 1 N–H and O–H groups in total. The number of amides is 1. The van der Waals surface area contributed by atoms with E-state index in [1.54, 1.807) is 42.6 Å². The molecule has 1 aromatic heterocycles. The molecule has 0 saturated carbocycles. The molecule has 2 aromatic rings. The molecule has 0 saturated heterocycles. The molecule has 1 aromatic carbocycles. The first kappa shape index (κ1) is 13.6. The van der Waals surface area contributed by atoms with Gasteiger partial charge in [0.1, 0.15) is 0 Å². The van der Waals surface area contributed by atoms with Crippen molar-refractivity contribution in [3.8, 4) is 5.75 Å². The molecule has 19 heavy (non-hydrogen) atoms. The van der Waals surface area contributed by atoms with E-state index in [1.165, 1.54) is 0 Å². The van der Waals surface area contributed by atoms with E-state index in [1.807, 2.05) is 0 Å². The quantitative estimate of drug-likeness (QED) is 0.880. The third kappa shape index (κ3) is 3.84. The molecule has 6 heteroatoms. The summed E-state index contributed by atoms with van der Waals surface area (Å²) in [5.74, 6) is 0.0338. The summed E-state index contributed by atoms with van der Waals surface area (Å²) < 4.78 is 5.26. The average molecular weight is 297 g/mol. The summed E-state index contributed by atoms with van der Waals surface area (Å²) in [5, 5.41) is 3.32. The molecule has 0 aliphatic carbocycles. The van der Waals surface area contributed by atoms with Gasteiger partial charge in [-0.25, -0.2) is 4.98 Å². The van der Waals surface area contributed by atoms with Gasteiger partial charge in [-0.05, 0) is 24.3 Å². The first-order valence-corrected chi connectivity index (χ1v) is 6.20. The van der Waals surface area contributed by atoms with Crippen molar-refractivity contribution in [2.75, 3.05) is 11.9 Å². The van der Waals surface area contributed by atoms with Crippen molar-refractivity contribution in [3.05, 3.63) is 52.8 Å². The lowest BCUT2D eigenvalue weighted by Crippen LogP contribution is -2.20. The maximum absolute atomic E-state index is 11.7. The highest BCUT2D eigenvalue weighted by Gasteiger charge is 2.08. The molecular formula is C13H10Cl2N2O2. The normalized spacial score (nSPS) is 10.0. The first-order valence-electron chi connectivity index (χ1n) is 5.44. The van der Waals surface area contributed by atoms with Gasteiger partial charge in [0.15, 0.2) is 17.5 Å². The van der Waals surface area contributed by atoms with Gasteiger partial charge in [0, 0.05) is 6.20 Å². The number of carbonyl (C=O) groups excluding carboxylic acids is 1. The van der Waals surface area contributed by atoms with Crippen LogP contribution in [0.15, 0.2) is 42.6 Å². The zero-order valence-electron chi connectivity index (χ0n) is 9.77. The highest BCUT2D eigenvalue weighted by molar-refractivity contribution is 6.33. The number of pyridine rings is 1. The van der Waals surface area contributed by atoms with E-state index in [0.29, 0.717) is 16.5 Å². The number of carbonyl (C=O) groups is 1. The fourth-order valence-electron chi connectivity index (χ4n) is 1.37. The molecule has 0 bridgehead atoms. The van der Waals surface area contributed by atoms with E-state index >= 15 is 0 Å². The van der Waals surface area contributed by atoms with Gasteiger partial charge in [0.05, 0.1) is 10.7 Å². The molecule has 98 valence electrons. The van der Waals surface area contributed by atoms with Crippen LogP contribution >= 0.6 is 23.2 Å². The van der Waals surface area contributed by atoms with Gasteiger partial charge in [0.25, 0.3) is 5.91 Å². The number of halogens is 2. The third-order valence-electron chi connectivity index (χ3n) is 2.23. The number of nitrogens with one attached hydrogen (secondary N) is 1. The van der Waals surface area contributed by atoms with Gasteiger partial charge in [0.2, 0.25) is 0 Å². The van der Waals surface area contributed by atoms with Crippen molar-refractivity contribution in [1.29, 1.82) is 0 Å². The van der Waals surface area contributed by atoms with Crippen LogP contribution in [0, 0.1) is 0 Å². The molecule has 0 radical (unpaired) electrons. The molecule has 0 atom stereocenters. The molecule has 0 unspecified atom stereocenters. The largest absolute Gasteiger partial charge is 0.481 e. The Labute approximate surface area is 120 Å². The van der Waals surface area contributed by atoms with Crippen molar-refractivity contribution in [2.45, 2.75) is 0 Å². The van der Waals surface area contributed by atoms with Gasteiger partial charge >= 0.3 is 0 Å². The number of para-hydroxylation sites is 1. The summed E-state index contributed by atoms with van der Waals surface area (Å²) in [6, 6.07) is 10.3. The lowest BCUT2D eigenvalue weighted by molar-refractivity contribution is -0.118. The highest BCUT2D eigenvalue weighted by atomic mass is 35.5. The fourth-order valence-corrected chi connectivity index (χ4v) is 1.73. The minimum absolute atomic E-state index is 0.170. The summed E-state index contributed by atoms with van der Waals surface area (Å²) >= 11 is 11.7. The number of anilines is 1. The predicted octanol–water partition coefficient (Wildman–Crippen LogP) is 3.41. The summed E-state index contributed by atoms with van der Waals surface area (Å²) in [7, 11) is 0. The topological polar surface area (TPSA) is 51.2 Å². The van der Waals surface area contributed by atoms with Crippen LogP contribution in [0.2, 0.25) is 10.2 Å². The molecule has 0 fully saturated rings. The molecule has 1 heterocycles. The number of aromatic nitrogens is 1. The minimum Gasteiger partial charge on any atom is -0.481 e. The summed E-state index contributed by atoms with van der Waals surface area (Å²) in [6.45, 7) is -0.170. The monoisotopic (exact) mass is 296 g/mol. The van der Waals surface area contributed by atoms with E-state index in [2.05, 4.69) is 10.3 Å². The van der Waals surface area contributed by atoms with Crippen LogP contribution in [-0.4, -0.2) is 17.5 Å². The maximum atomic E-state index is 11.7. The van der Waals surface area contributed by atoms with Crippen LogP contribution < -0.4 is 10.1 Å². The predicted molar refractivity (Wildman–Crippen MR) is 74.8 cm³/mol. The number of hydrogen-bond acceptors (Lipinski definition) is 3. The van der Waals surface area contributed by atoms with E-state index in [-0.39, 0.29) is 17.7 Å². The standard InChI is InChI=1S/C13H10Cl2N2O2/c14-9-4-1-2-5-10(9)17-12(18)8-19-11-6-3-7-16-13(11)15/h1-7H,8H2,(H,17,18). The Kier molecular flexibility index (Phi) is 4.60. The van der Waals surface area contributed by atoms with E-state index in [0.717, 1.165) is 0 Å². The highest BCUT2D eigenvalue weighted by Crippen LogP contribution is 2.22. The van der Waals surface area contributed by atoms with Crippen molar-refractivity contribution < 1.29 is 9.53 Å². The second kappa shape index (κ2) is 6.41. The van der Waals surface area contributed by atoms with Crippen molar-refractivity contribution >= 4 is 34.8 Å². The Balaban J connectivity index is 1.92. The van der Waals surface area contributed by atoms with E-state index < -0.39 is 0 Å². The van der Waals surface area contributed by atoms with Gasteiger partial charge in [-0.1, -0.05) is 35.3 Å². The van der Waals surface area contributed by atoms with Crippen LogP contribution in [-0.2, 0) is 4.79 Å². The number of ether oxygens (including phenoxy) is 1. The Morgan fingerprint density at radius 1 is 1.21 bits per heavy atom. The van der Waals surface area contributed by atoms with Gasteiger partial charge in [-0.15, -0.1) is 0 Å². The Morgan fingerprint density at radius 3 is 2.74 bits per heavy atom. The SMILES string of the molecule is O=C(COc1cccnc1Cl)Nc1ccccc1Cl. The zero-order chi connectivity index (χ0) is 13.7. The number of rotatable bonds is 4. The summed E-state index contributed by atoms with van der Waals surface area (Å²) in [6.07, 6.45) is 1.54. The van der Waals surface area contributed by atoms with Gasteiger partial charge in [-0.3, -0.25) is 4.79 Å². The second-order valence-corrected chi connectivity index (χ2v) is 4.37. The fraction of sp³-hybridized carbons (Fsp3) is 0.0769. The lowest BCUT2D eigenvalue weighted by Gasteiger charge is -2.09. The van der Waals surface area contributed by atoms with Crippen molar-refractivity contribution in [3.63, 3.8) is 0 Å². The van der Waals surface area contributed by atoms with Crippen molar-refractivity contribution in [1.82, 2.24) is 4.98 Å². The number of benzene rings is 1. The number of hydrogen-bond donors (Lipinski definition) is 1. The van der Waals surface area contributed by atoms with Gasteiger partial charge in [-0.2, -0.15) is 0 Å². The van der Waals surface area contributed by atoms with E-state index in [9.17, 15) is 4.79 Å². The Bertz CT molecular complexity index is 590. The minimum atomic E-state index is -0.326. The van der Waals surface area contributed by atoms with Crippen LogP contribution in [0.1, 0.15) is 0 Å². The molecular weight excluding hydrogens is 287 g/mol. The van der Waals surface area contributed by atoms with Crippen LogP contribution in [0.3, 0.4) is 0 Å². The molecule has 4 nitrogen and oxygen atoms in total. The van der Waals surface area contributed by atoms with Crippen LogP contribution in [0.5, 0.6) is 5.75 Å². The van der Waals surface area contributed by atoms with E-state index in [4.69, 9.17) is 27.9 Å². The molecule has 0 aliphatic heterocycles. The molecule has 2 rings (SSSR count). The Morgan fingerprint density at radius 2 is 2.00 bits per heavy atom. The number of nitrogens with zero attached hydrogens (tertiary/aromatic N) is 1. The molecule has 1 amide bonds. The van der Waals surface area contributed by atoms with Crippen molar-refractivity contribution in [2.24, 2.45) is 0 Å². The Hall–Kier alpha value is -1.78. The van der Waals surface area contributed by atoms with Gasteiger partial charge < -0.3 is 10.1 Å².